The van der Waals surface area contributed by atoms with E-state index in [1.165, 1.54) is 0 Å². The standard InChI is InChI=1S/C16H21NO4/c1-5-8-17(11-16(18)19)12(2)9-13-6-7-14(20-3)15(10-13)21-4/h1,6-7,10,12H,8-9,11H2,2-4H3,(H,18,19). The third-order valence-corrected chi connectivity index (χ3v) is 3.24. The van der Waals surface area contributed by atoms with Crippen molar-refractivity contribution < 1.29 is 19.4 Å². The summed E-state index contributed by atoms with van der Waals surface area (Å²) in [5.41, 5.74) is 1.03. The molecular formula is C16H21NO4. The normalized spacial score (nSPS) is 11.8. The Kier molecular flexibility index (Phi) is 6.57. The Morgan fingerprint density at radius 2 is 2.05 bits per heavy atom. The molecule has 114 valence electrons. The molecule has 0 saturated heterocycles. The Balaban J connectivity index is 2.83. The van der Waals surface area contributed by atoms with Crippen LogP contribution in [-0.2, 0) is 11.2 Å². The summed E-state index contributed by atoms with van der Waals surface area (Å²) in [6, 6.07) is 5.68. The summed E-state index contributed by atoms with van der Waals surface area (Å²) in [4.78, 5) is 12.6. The van der Waals surface area contributed by atoms with E-state index in [1.54, 1.807) is 19.1 Å². The van der Waals surface area contributed by atoms with Crippen molar-refractivity contribution in [2.24, 2.45) is 0 Å². The smallest absolute Gasteiger partial charge is 0.317 e. The molecule has 0 fully saturated rings. The number of hydrogen-bond donors (Lipinski definition) is 1. The van der Waals surface area contributed by atoms with E-state index in [4.69, 9.17) is 21.0 Å². The lowest BCUT2D eigenvalue weighted by atomic mass is 10.0. The van der Waals surface area contributed by atoms with Crippen molar-refractivity contribution in [3.05, 3.63) is 23.8 Å². The zero-order valence-corrected chi connectivity index (χ0v) is 12.6. The third kappa shape index (κ3) is 5.01. The second-order valence-corrected chi connectivity index (χ2v) is 4.75. The number of benzene rings is 1. The summed E-state index contributed by atoms with van der Waals surface area (Å²) in [6.07, 6.45) is 5.97. The first-order valence-corrected chi connectivity index (χ1v) is 6.62. The number of aliphatic carboxylic acids is 1. The van der Waals surface area contributed by atoms with Crippen LogP contribution in [0.1, 0.15) is 12.5 Å². The van der Waals surface area contributed by atoms with E-state index < -0.39 is 5.97 Å². The summed E-state index contributed by atoms with van der Waals surface area (Å²) in [7, 11) is 3.17. The highest BCUT2D eigenvalue weighted by Crippen LogP contribution is 2.28. The average Bonchev–Trinajstić information content (AvgIpc) is 2.46. The minimum Gasteiger partial charge on any atom is -0.493 e. The molecule has 5 nitrogen and oxygen atoms in total. The van der Waals surface area contributed by atoms with Crippen molar-refractivity contribution in [1.82, 2.24) is 4.90 Å². The van der Waals surface area contributed by atoms with Crippen LogP contribution >= 0.6 is 0 Å². The molecule has 1 aromatic carbocycles. The Hall–Kier alpha value is -2.19. The quantitative estimate of drug-likeness (QED) is 0.738. The number of carboxylic acid groups (broad SMARTS) is 1. The van der Waals surface area contributed by atoms with Crippen molar-refractivity contribution in [1.29, 1.82) is 0 Å². The third-order valence-electron chi connectivity index (χ3n) is 3.24. The molecule has 0 aliphatic carbocycles. The molecule has 0 heterocycles. The van der Waals surface area contributed by atoms with E-state index in [0.29, 0.717) is 24.5 Å². The molecule has 0 saturated carbocycles. The second-order valence-electron chi connectivity index (χ2n) is 4.75. The van der Waals surface area contributed by atoms with Gasteiger partial charge in [0.2, 0.25) is 0 Å². The van der Waals surface area contributed by atoms with Crippen LogP contribution in [0.15, 0.2) is 18.2 Å². The molecular weight excluding hydrogens is 270 g/mol. The highest BCUT2D eigenvalue weighted by Gasteiger charge is 2.17. The number of nitrogens with zero attached hydrogens (tertiary/aromatic N) is 1. The highest BCUT2D eigenvalue weighted by atomic mass is 16.5. The number of methoxy groups -OCH3 is 2. The van der Waals surface area contributed by atoms with Gasteiger partial charge in [0.1, 0.15) is 0 Å². The molecule has 0 bridgehead atoms. The minimum atomic E-state index is -0.885. The fourth-order valence-electron chi connectivity index (χ4n) is 2.14. The Labute approximate surface area is 125 Å². The number of hydrogen-bond acceptors (Lipinski definition) is 4. The van der Waals surface area contributed by atoms with E-state index in [9.17, 15) is 4.79 Å². The van der Waals surface area contributed by atoms with Gasteiger partial charge in [0.25, 0.3) is 0 Å². The Morgan fingerprint density at radius 3 is 2.57 bits per heavy atom. The van der Waals surface area contributed by atoms with E-state index in [1.807, 2.05) is 25.1 Å². The number of carbonyl (C=O) groups is 1. The van der Waals surface area contributed by atoms with Crippen LogP contribution in [0.2, 0.25) is 0 Å². The first-order chi connectivity index (χ1) is 10.0. The summed E-state index contributed by atoms with van der Waals surface area (Å²) >= 11 is 0. The van der Waals surface area contributed by atoms with Gasteiger partial charge in [0, 0.05) is 6.04 Å². The fourth-order valence-corrected chi connectivity index (χ4v) is 2.14. The Bertz CT molecular complexity index is 521. The first kappa shape index (κ1) is 16.9. The maximum Gasteiger partial charge on any atom is 0.317 e. The van der Waals surface area contributed by atoms with Crippen LogP contribution < -0.4 is 9.47 Å². The SMILES string of the molecule is C#CCN(CC(=O)O)C(C)Cc1ccc(OC)c(OC)c1. The zero-order chi connectivity index (χ0) is 15.8. The van der Waals surface area contributed by atoms with Gasteiger partial charge in [-0.1, -0.05) is 12.0 Å². The van der Waals surface area contributed by atoms with Crippen molar-refractivity contribution >= 4 is 5.97 Å². The molecule has 1 rings (SSSR count). The van der Waals surface area contributed by atoms with Crippen LogP contribution in [0.4, 0.5) is 0 Å². The molecule has 1 unspecified atom stereocenters. The molecule has 21 heavy (non-hydrogen) atoms. The van der Waals surface area contributed by atoms with Crippen LogP contribution in [0.25, 0.3) is 0 Å². The highest BCUT2D eigenvalue weighted by molar-refractivity contribution is 5.69. The summed E-state index contributed by atoms with van der Waals surface area (Å²) in [5.74, 6) is 2.94. The number of carboxylic acids is 1. The molecule has 0 aliphatic rings. The largest absolute Gasteiger partial charge is 0.493 e. The van der Waals surface area contributed by atoms with Gasteiger partial charge in [-0.15, -0.1) is 6.42 Å². The molecule has 0 amide bonds. The fraction of sp³-hybridized carbons (Fsp3) is 0.438. The van der Waals surface area contributed by atoms with Crippen LogP contribution in [0.3, 0.4) is 0 Å². The molecule has 5 heteroatoms. The molecule has 1 atom stereocenters. The van der Waals surface area contributed by atoms with Gasteiger partial charge in [0.05, 0.1) is 27.3 Å². The molecule has 0 aliphatic heterocycles. The van der Waals surface area contributed by atoms with Crippen molar-refractivity contribution in [3.63, 3.8) is 0 Å². The maximum atomic E-state index is 10.9. The van der Waals surface area contributed by atoms with Crippen molar-refractivity contribution in [2.45, 2.75) is 19.4 Å². The molecule has 0 radical (unpaired) electrons. The molecule has 1 aromatic rings. The van der Waals surface area contributed by atoms with E-state index >= 15 is 0 Å². The van der Waals surface area contributed by atoms with E-state index in [2.05, 4.69) is 5.92 Å². The molecule has 1 N–H and O–H groups in total. The number of rotatable bonds is 8. The summed E-state index contributed by atoms with van der Waals surface area (Å²) < 4.78 is 10.5. The van der Waals surface area contributed by atoms with Gasteiger partial charge in [-0.2, -0.15) is 0 Å². The van der Waals surface area contributed by atoms with Gasteiger partial charge >= 0.3 is 5.97 Å². The summed E-state index contributed by atoms with van der Waals surface area (Å²) in [6.45, 7) is 2.19. The van der Waals surface area contributed by atoms with Crippen LogP contribution in [0, 0.1) is 12.3 Å². The predicted octanol–water partition coefficient (Wildman–Crippen LogP) is 1.65. The van der Waals surface area contributed by atoms with Crippen LogP contribution in [-0.4, -0.2) is 49.3 Å². The number of ether oxygens (including phenoxy) is 2. The van der Waals surface area contributed by atoms with Crippen molar-refractivity contribution in [3.8, 4) is 23.8 Å². The lowest BCUT2D eigenvalue weighted by molar-refractivity contribution is -0.138. The first-order valence-electron chi connectivity index (χ1n) is 6.62. The topological polar surface area (TPSA) is 59.0 Å². The molecule has 0 spiro atoms. The maximum absolute atomic E-state index is 10.9. The van der Waals surface area contributed by atoms with E-state index in [-0.39, 0.29) is 12.6 Å². The number of terminal acetylenes is 1. The van der Waals surface area contributed by atoms with Gasteiger partial charge < -0.3 is 14.6 Å². The zero-order valence-electron chi connectivity index (χ0n) is 12.6. The minimum absolute atomic E-state index is 0.00949. The van der Waals surface area contributed by atoms with E-state index in [0.717, 1.165) is 5.56 Å². The van der Waals surface area contributed by atoms with Gasteiger partial charge in [0.15, 0.2) is 11.5 Å². The van der Waals surface area contributed by atoms with Crippen molar-refractivity contribution in [2.75, 3.05) is 27.3 Å². The van der Waals surface area contributed by atoms with Crippen LogP contribution in [0.5, 0.6) is 11.5 Å². The summed E-state index contributed by atoms with van der Waals surface area (Å²) in [5, 5.41) is 8.93. The lowest BCUT2D eigenvalue weighted by Gasteiger charge is -2.25. The molecule has 0 aromatic heterocycles. The predicted molar refractivity (Wildman–Crippen MR) is 80.8 cm³/mol. The Morgan fingerprint density at radius 1 is 1.38 bits per heavy atom. The van der Waals surface area contributed by atoms with Gasteiger partial charge in [-0.25, -0.2) is 0 Å². The second kappa shape index (κ2) is 8.18. The monoisotopic (exact) mass is 291 g/mol. The lowest BCUT2D eigenvalue weighted by Crippen LogP contribution is -2.38. The van der Waals surface area contributed by atoms with Gasteiger partial charge in [-0.3, -0.25) is 9.69 Å². The van der Waals surface area contributed by atoms with Gasteiger partial charge in [-0.05, 0) is 31.0 Å². The average molecular weight is 291 g/mol.